The Morgan fingerprint density at radius 1 is 1.26 bits per heavy atom. The molecule has 7 nitrogen and oxygen atoms in total. The van der Waals surface area contributed by atoms with Crippen molar-refractivity contribution in [2.75, 3.05) is 0 Å². The predicted octanol–water partition coefficient (Wildman–Crippen LogP) is 3.94. The maximum Gasteiger partial charge on any atom is 0.326 e. The molecule has 0 aliphatic carbocycles. The van der Waals surface area contributed by atoms with Crippen LogP contribution in [0.3, 0.4) is 0 Å². The van der Waals surface area contributed by atoms with E-state index >= 15 is 0 Å². The van der Waals surface area contributed by atoms with E-state index in [4.69, 9.17) is 20.9 Å². The van der Waals surface area contributed by atoms with E-state index in [-0.39, 0.29) is 12.3 Å². The number of hydrogen-bond donors (Lipinski definition) is 1. The molecule has 2 aromatic carbocycles. The molecule has 0 fully saturated rings. The zero-order chi connectivity index (χ0) is 19.0. The van der Waals surface area contributed by atoms with Crippen LogP contribution in [0.2, 0.25) is 5.02 Å². The third-order valence-electron chi connectivity index (χ3n) is 4.30. The van der Waals surface area contributed by atoms with Gasteiger partial charge in [0.25, 0.3) is 5.89 Å². The Bertz CT molecular complexity index is 1180. The highest BCUT2D eigenvalue weighted by Crippen LogP contribution is 2.24. The fourth-order valence-electron chi connectivity index (χ4n) is 2.96. The molecule has 0 aliphatic heterocycles. The molecule has 0 saturated heterocycles. The summed E-state index contributed by atoms with van der Waals surface area (Å²) >= 11 is 5.95. The Morgan fingerprint density at radius 2 is 2.11 bits per heavy atom. The topological polar surface area (TPSA) is 85.9 Å². The number of halogens is 1. The first-order chi connectivity index (χ1) is 13.0. The molecule has 1 N–H and O–H groups in total. The van der Waals surface area contributed by atoms with Gasteiger partial charge in [0.2, 0.25) is 5.82 Å². The fourth-order valence-corrected chi connectivity index (χ4v) is 3.19. The summed E-state index contributed by atoms with van der Waals surface area (Å²) in [5.74, 6) is 1.51. The molecule has 8 heteroatoms. The first kappa shape index (κ1) is 17.4. The van der Waals surface area contributed by atoms with Crippen molar-refractivity contribution in [1.29, 1.82) is 0 Å². The first-order valence-corrected chi connectivity index (χ1v) is 8.87. The molecule has 0 aliphatic rings. The summed E-state index contributed by atoms with van der Waals surface area (Å²) in [6.07, 6.45) is 0. The summed E-state index contributed by atoms with van der Waals surface area (Å²) in [6.45, 7) is 4.60. The Hall–Kier alpha value is -3.06. The minimum Gasteiger partial charge on any atom is -0.483 e. The number of aromatic nitrogens is 4. The van der Waals surface area contributed by atoms with Gasteiger partial charge in [0.05, 0.1) is 11.0 Å². The lowest BCUT2D eigenvalue weighted by atomic mass is 10.2. The second kappa shape index (κ2) is 6.92. The van der Waals surface area contributed by atoms with Crippen LogP contribution in [-0.4, -0.2) is 19.7 Å². The molecular formula is C19H17ClN4O3. The summed E-state index contributed by atoms with van der Waals surface area (Å²) in [7, 11) is 0. The summed E-state index contributed by atoms with van der Waals surface area (Å²) in [6, 6.07) is 11.0. The van der Waals surface area contributed by atoms with Crippen molar-refractivity contribution in [1.82, 2.24) is 19.7 Å². The number of nitrogens with one attached hydrogen (secondary N) is 1. The molecule has 27 heavy (non-hydrogen) atoms. The van der Waals surface area contributed by atoms with E-state index in [1.807, 2.05) is 38.1 Å². The van der Waals surface area contributed by atoms with Gasteiger partial charge < -0.3 is 14.2 Å². The van der Waals surface area contributed by atoms with Crippen LogP contribution >= 0.6 is 11.6 Å². The number of benzene rings is 2. The first-order valence-electron chi connectivity index (χ1n) is 8.49. The number of fused-ring (bicyclic) bond motifs is 1. The molecule has 0 amide bonds. The lowest BCUT2D eigenvalue weighted by Gasteiger charge is -2.06. The highest BCUT2D eigenvalue weighted by molar-refractivity contribution is 6.30. The third kappa shape index (κ3) is 3.33. The van der Waals surface area contributed by atoms with Crippen molar-refractivity contribution in [3.63, 3.8) is 0 Å². The Morgan fingerprint density at radius 3 is 2.89 bits per heavy atom. The summed E-state index contributed by atoms with van der Waals surface area (Å²) in [5.41, 5.74) is 3.13. The summed E-state index contributed by atoms with van der Waals surface area (Å²) in [4.78, 5) is 19.1. The highest BCUT2D eigenvalue weighted by atomic mass is 35.5. The quantitative estimate of drug-likeness (QED) is 0.563. The zero-order valence-electron chi connectivity index (χ0n) is 14.8. The largest absolute Gasteiger partial charge is 0.483 e. The number of nitrogens with zero attached hydrogens (tertiary/aromatic N) is 3. The number of aryl methyl sites for hydroxylation is 2. The molecule has 138 valence electrons. The molecule has 0 bridgehead atoms. The van der Waals surface area contributed by atoms with Crippen molar-refractivity contribution >= 4 is 22.6 Å². The maximum atomic E-state index is 11.9. The molecule has 0 atom stereocenters. The predicted molar refractivity (Wildman–Crippen MR) is 102 cm³/mol. The molecule has 4 aromatic rings. The van der Waals surface area contributed by atoms with Crippen LogP contribution in [0.15, 0.2) is 45.7 Å². The van der Waals surface area contributed by atoms with E-state index in [1.165, 1.54) is 0 Å². The lowest BCUT2D eigenvalue weighted by molar-refractivity contribution is 0.242. The van der Waals surface area contributed by atoms with E-state index in [0.29, 0.717) is 29.0 Å². The SMILES string of the molecule is CCn1c(=O)[nH]c2cc(-c3noc(COc4ccc(Cl)cc4C)n3)ccc21. The van der Waals surface area contributed by atoms with Gasteiger partial charge in [-0.2, -0.15) is 4.98 Å². The second-order valence-corrected chi connectivity index (χ2v) is 6.55. The van der Waals surface area contributed by atoms with Crippen LogP contribution in [0.4, 0.5) is 0 Å². The van der Waals surface area contributed by atoms with Crippen LogP contribution in [0.5, 0.6) is 5.75 Å². The van der Waals surface area contributed by atoms with E-state index in [0.717, 1.165) is 22.2 Å². The highest BCUT2D eigenvalue weighted by Gasteiger charge is 2.12. The van der Waals surface area contributed by atoms with Gasteiger partial charge in [0, 0.05) is 17.1 Å². The number of aromatic amines is 1. The number of ether oxygens (including phenoxy) is 1. The van der Waals surface area contributed by atoms with Crippen molar-refractivity contribution in [2.24, 2.45) is 0 Å². The van der Waals surface area contributed by atoms with Gasteiger partial charge in [-0.25, -0.2) is 4.79 Å². The number of hydrogen-bond acceptors (Lipinski definition) is 5. The van der Waals surface area contributed by atoms with Crippen molar-refractivity contribution in [3.05, 3.63) is 63.4 Å². The van der Waals surface area contributed by atoms with Crippen molar-refractivity contribution in [3.8, 4) is 17.1 Å². The van der Waals surface area contributed by atoms with Crippen LogP contribution in [-0.2, 0) is 13.2 Å². The molecule has 0 spiro atoms. The third-order valence-corrected chi connectivity index (χ3v) is 4.54. The molecule has 0 saturated carbocycles. The number of imidazole rings is 1. The van der Waals surface area contributed by atoms with E-state index in [1.54, 1.807) is 16.7 Å². The lowest BCUT2D eigenvalue weighted by Crippen LogP contribution is -2.14. The minimum absolute atomic E-state index is 0.134. The van der Waals surface area contributed by atoms with Gasteiger partial charge in [-0.15, -0.1) is 0 Å². The van der Waals surface area contributed by atoms with Crippen molar-refractivity contribution < 1.29 is 9.26 Å². The van der Waals surface area contributed by atoms with Crippen LogP contribution in [0, 0.1) is 6.92 Å². The summed E-state index contributed by atoms with van der Waals surface area (Å²) in [5, 5.41) is 4.66. The van der Waals surface area contributed by atoms with E-state index < -0.39 is 0 Å². The number of rotatable bonds is 5. The summed E-state index contributed by atoms with van der Waals surface area (Å²) < 4.78 is 12.7. The molecule has 2 aromatic heterocycles. The average Bonchev–Trinajstić information content (AvgIpc) is 3.23. The van der Waals surface area contributed by atoms with Gasteiger partial charge in [-0.1, -0.05) is 16.8 Å². The standard InChI is InChI=1S/C19H17ClN4O3/c1-3-24-15-6-4-12(9-14(15)21-19(24)25)18-22-17(27-23-18)10-26-16-7-5-13(20)8-11(16)2/h4-9H,3,10H2,1-2H3,(H,21,25). The van der Waals surface area contributed by atoms with Crippen LogP contribution in [0.1, 0.15) is 18.4 Å². The molecule has 0 unspecified atom stereocenters. The van der Waals surface area contributed by atoms with Gasteiger partial charge in [0.1, 0.15) is 5.75 Å². The molecule has 4 rings (SSSR count). The number of H-pyrrole nitrogens is 1. The second-order valence-electron chi connectivity index (χ2n) is 6.12. The normalized spacial score (nSPS) is 11.2. The van der Waals surface area contributed by atoms with Crippen LogP contribution in [0.25, 0.3) is 22.4 Å². The van der Waals surface area contributed by atoms with Crippen LogP contribution < -0.4 is 10.4 Å². The van der Waals surface area contributed by atoms with Gasteiger partial charge >= 0.3 is 5.69 Å². The smallest absolute Gasteiger partial charge is 0.326 e. The Kier molecular flexibility index (Phi) is 4.45. The Balaban J connectivity index is 1.55. The Labute approximate surface area is 159 Å². The van der Waals surface area contributed by atoms with E-state index in [2.05, 4.69) is 15.1 Å². The monoisotopic (exact) mass is 384 g/mol. The van der Waals surface area contributed by atoms with Crippen molar-refractivity contribution in [2.45, 2.75) is 27.0 Å². The minimum atomic E-state index is -0.134. The maximum absolute atomic E-state index is 11.9. The van der Waals surface area contributed by atoms with E-state index in [9.17, 15) is 4.79 Å². The molecule has 2 heterocycles. The molecular weight excluding hydrogens is 368 g/mol. The van der Waals surface area contributed by atoms with Gasteiger partial charge in [-0.05, 0) is 55.8 Å². The fraction of sp³-hybridized carbons (Fsp3) is 0.211. The molecule has 0 radical (unpaired) electrons. The zero-order valence-corrected chi connectivity index (χ0v) is 15.6. The average molecular weight is 385 g/mol. The van der Waals surface area contributed by atoms with Gasteiger partial charge in [0.15, 0.2) is 6.61 Å². The van der Waals surface area contributed by atoms with Gasteiger partial charge in [-0.3, -0.25) is 4.57 Å².